The van der Waals surface area contributed by atoms with Gasteiger partial charge in [-0.2, -0.15) is 0 Å². The molecule has 2 aliphatic rings. The van der Waals surface area contributed by atoms with Gasteiger partial charge in [-0.05, 0) is 42.9 Å². The van der Waals surface area contributed by atoms with Crippen molar-refractivity contribution in [1.29, 1.82) is 0 Å². The molecule has 0 aromatic rings. The second kappa shape index (κ2) is 3.51. The van der Waals surface area contributed by atoms with E-state index in [1.807, 2.05) is 13.8 Å². The van der Waals surface area contributed by atoms with E-state index in [0.717, 1.165) is 6.42 Å². The molecule has 2 fully saturated rings. The normalized spacial score (nSPS) is 56.4. The Morgan fingerprint density at radius 3 is 1.26 bits per heavy atom. The molecule has 2 aliphatic carbocycles. The van der Waals surface area contributed by atoms with Crippen molar-refractivity contribution in [3.8, 4) is 0 Å². The first-order chi connectivity index (χ1) is 8.41. The fourth-order valence-electron chi connectivity index (χ4n) is 6.10. The maximum absolute atomic E-state index is 12.5. The molecule has 0 aliphatic heterocycles. The smallest absolute Gasteiger partial charge is 0.137 e. The van der Waals surface area contributed by atoms with Crippen molar-refractivity contribution in [1.82, 2.24) is 0 Å². The van der Waals surface area contributed by atoms with E-state index in [1.165, 1.54) is 0 Å². The summed E-state index contributed by atoms with van der Waals surface area (Å²) in [5.74, 6) is 1.29. The second-order valence-electron chi connectivity index (χ2n) is 7.95. The third-order valence-electron chi connectivity index (χ3n) is 8.19. The number of fused-ring (bicyclic) bond motifs is 2. The Balaban J connectivity index is 2.81. The standard InChI is InChI=1S/C17H28O2/c1-10-11(2)15(6)9-14(10,5)16(7,12(3)18)17(15,8)13(4)19/h10-11H,9H2,1-8H3. The van der Waals surface area contributed by atoms with Crippen LogP contribution in [0.5, 0.6) is 0 Å². The number of carbonyl (C=O) groups is 2. The van der Waals surface area contributed by atoms with Crippen molar-refractivity contribution < 1.29 is 9.59 Å². The van der Waals surface area contributed by atoms with E-state index in [4.69, 9.17) is 0 Å². The Morgan fingerprint density at radius 2 is 1.05 bits per heavy atom. The SMILES string of the molecule is CC(=O)C1(C)C2(C)CC(C)(C(C)C2C)C1(C)C(C)=O. The first kappa shape index (κ1) is 14.7. The van der Waals surface area contributed by atoms with Crippen molar-refractivity contribution >= 4 is 11.6 Å². The Hall–Kier alpha value is -0.660. The third kappa shape index (κ3) is 1.12. The van der Waals surface area contributed by atoms with Crippen LogP contribution in [0.1, 0.15) is 61.8 Å². The van der Waals surface area contributed by atoms with Crippen LogP contribution >= 0.6 is 0 Å². The minimum Gasteiger partial charge on any atom is -0.299 e. The zero-order valence-corrected chi connectivity index (χ0v) is 13.7. The largest absolute Gasteiger partial charge is 0.299 e. The van der Waals surface area contributed by atoms with Gasteiger partial charge in [0.1, 0.15) is 11.6 Å². The summed E-state index contributed by atoms with van der Waals surface area (Å²) in [5.41, 5.74) is -1.25. The zero-order valence-electron chi connectivity index (χ0n) is 13.7. The van der Waals surface area contributed by atoms with Gasteiger partial charge >= 0.3 is 0 Å². The van der Waals surface area contributed by atoms with Crippen molar-refractivity contribution in [2.45, 2.75) is 61.8 Å². The van der Waals surface area contributed by atoms with Gasteiger partial charge in [0.05, 0.1) is 0 Å². The van der Waals surface area contributed by atoms with Gasteiger partial charge in [0.15, 0.2) is 0 Å². The molecule has 108 valence electrons. The van der Waals surface area contributed by atoms with Gasteiger partial charge in [0, 0.05) is 10.8 Å². The van der Waals surface area contributed by atoms with Crippen LogP contribution in [0.25, 0.3) is 0 Å². The minimum absolute atomic E-state index is 0.0760. The summed E-state index contributed by atoms with van der Waals surface area (Å²) in [6, 6.07) is 0. The number of ketones is 2. The van der Waals surface area contributed by atoms with Crippen LogP contribution in [0.2, 0.25) is 0 Å². The summed E-state index contributed by atoms with van der Waals surface area (Å²) in [6.45, 7) is 16.4. The summed E-state index contributed by atoms with van der Waals surface area (Å²) in [5, 5.41) is 0. The molecule has 0 N–H and O–H groups in total. The molecule has 6 atom stereocenters. The van der Waals surface area contributed by atoms with Crippen LogP contribution in [0.15, 0.2) is 0 Å². The monoisotopic (exact) mass is 264 g/mol. The summed E-state index contributed by atoms with van der Waals surface area (Å²) >= 11 is 0. The van der Waals surface area contributed by atoms with Gasteiger partial charge in [0.2, 0.25) is 0 Å². The Kier molecular flexibility index (Phi) is 2.72. The predicted octanol–water partition coefficient (Wildman–Crippen LogP) is 3.88. The van der Waals surface area contributed by atoms with Gasteiger partial charge in [0.25, 0.3) is 0 Å². The van der Waals surface area contributed by atoms with Crippen LogP contribution in [-0.2, 0) is 9.59 Å². The molecule has 0 radical (unpaired) electrons. The first-order valence-corrected chi connectivity index (χ1v) is 7.43. The van der Waals surface area contributed by atoms with Crippen molar-refractivity contribution in [2.75, 3.05) is 0 Å². The summed E-state index contributed by atoms with van der Waals surface area (Å²) < 4.78 is 0. The van der Waals surface area contributed by atoms with Crippen molar-refractivity contribution in [3.63, 3.8) is 0 Å². The lowest BCUT2D eigenvalue weighted by Gasteiger charge is -2.58. The van der Waals surface area contributed by atoms with E-state index in [0.29, 0.717) is 11.8 Å². The lowest BCUT2D eigenvalue weighted by molar-refractivity contribution is -0.172. The van der Waals surface area contributed by atoms with Gasteiger partial charge in [-0.3, -0.25) is 9.59 Å². The summed E-state index contributed by atoms with van der Waals surface area (Å²) in [7, 11) is 0. The lowest BCUT2D eigenvalue weighted by atomic mass is 9.42. The molecule has 6 unspecified atom stereocenters. The van der Waals surface area contributed by atoms with Crippen LogP contribution < -0.4 is 0 Å². The fraction of sp³-hybridized carbons (Fsp3) is 0.882. The van der Waals surface area contributed by atoms with Crippen LogP contribution in [0, 0.1) is 33.5 Å². The minimum atomic E-state index is -0.549. The molecule has 2 saturated carbocycles. The van der Waals surface area contributed by atoms with Gasteiger partial charge < -0.3 is 0 Å². The highest BCUT2D eigenvalue weighted by atomic mass is 16.1. The van der Waals surface area contributed by atoms with E-state index in [9.17, 15) is 9.59 Å². The van der Waals surface area contributed by atoms with Crippen LogP contribution in [-0.4, -0.2) is 11.6 Å². The van der Waals surface area contributed by atoms with Gasteiger partial charge in [-0.1, -0.05) is 41.5 Å². The molecule has 0 amide bonds. The highest BCUT2D eigenvalue weighted by Crippen LogP contribution is 2.81. The first-order valence-electron chi connectivity index (χ1n) is 7.43. The zero-order chi connectivity index (χ0) is 15.0. The predicted molar refractivity (Wildman–Crippen MR) is 76.7 cm³/mol. The molecule has 2 rings (SSSR count). The lowest BCUT2D eigenvalue weighted by Crippen LogP contribution is -2.61. The average Bonchev–Trinajstić information content (AvgIpc) is 2.57. The van der Waals surface area contributed by atoms with Crippen molar-refractivity contribution in [3.05, 3.63) is 0 Å². The van der Waals surface area contributed by atoms with E-state index in [-0.39, 0.29) is 22.4 Å². The highest BCUT2D eigenvalue weighted by Gasteiger charge is 2.80. The van der Waals surface area contributed by atoms with E-state index in [2.05, 4.69) is 27.7 Å². The summed E-state index contributed by atoms with van der Waals surface area (Å²) in [4.78, 5) is 25.1. The Bertz CT molecular complexity index is 426. The quantitative estimate of drug-likeness (QED) is 0.758. The van der Waals surface area contributed by atoms with Crippen LogP contribution in [0.3, 0.4) is 0 Å². The molecule has 0 heterocycles. The summed E-state index contributed by atoms with van der Waals surface area (Å²) in [6.07, 6.45) is 0.981. The van der Waals surface area contributed by atoms with Gasteiger partial charge in [-0.25, -0.2) is 0 Å². The molecule has 0 aromatic heterocycles. The Labute approximate surface area is 117 Å². The highest BCUT2D eigenvalue weighted by molar-refractivity contribution is 5.95. The molecular weight excluding hydrogens is 236 g/mol. The van der Waals surface area contributed by atoms with E-state index >= 15 is 0 Å². The van der Waals surface area contributed by atoms with Gasteiger partial charge in [-0.15, -0.1) is 0 Å². The van der Waals surface area contributed by atoms with E-state index < -0.39 is 10.8 Å². The Morgan fingerprint density at radius 1 is 0.789 bits per heavy atom. The number of Topliss-reactive ketones (excluding diaryl/α,β-unsaturated/α-hetero) is 2. The molecule has 19 heavy (non-hydrogen) atoms. The second-order valence-corrected chi connectivity index (χ2v) is 7.95. The molecule has 0 spiro atoms. The average molecular weight is 264 g/mol. The number of rotatable bonds is 2. The molecule has 0 aromatic carbocycles. The number of carbonyl (C=O) groups excluding carboxylic acids is 2. The maximum Gasteiger partial charge on any atom is 0.137 e. The molecule has 2 heteroatoms. The topological polar surface area (TPSA) is 34.1 Å². The molecule has 2 nitrogen and oxygen atoms in total. The van der Waals surface area contributed by atoms with Crippen LogP contribution in [0.4, 0.5) is 0 Å². The molecule has 2 bridgehead atoms. The van der Waals surface area contributed by atoms with E-state index in [1.54, 1.807) is 13.8 Å². The molecule has 0 saturated heterocycles. The number of hydrogen-bond donors (Lipinski definition) is 0. The number of hydrogen-bond acceptors (Lipinski definition) is 2. The molecular formula is C17H28O2. The van der Waals surface area contributed by atoms with Crippen molar-refractivity contribution in [2.24, 2.45) is 33.5 Å². The maximum atomic E-state index is 12.5. The fourth-order valence-corrected chi connectivity index (χ4v) is 6.10. The third-order valence-corrected chi connectivity index (χ3v) is 8.19.